The van der Waals surface area contributed by atoms with Crippen LogP contribution in [0.3, 0.4) is 0 Å². The minimum Gasteiger partial charge on any atom is -0.309 e. The molecule has 10 aromatic rings. The van der Waals surface area contributed by atoms with Crippen LogP contribution in [0.4, 0.5) is 0 Å². The van der Waals surface area contributed by atoms with Crippen LogP contribution in [-0.4, -0.2) is 14.3 Å². The van der Waals surface area contributed by atoms with Crippen LogP contribution in [0.15, 0.2) is 164 Å². The van der Waals surface area contributed by atoms with E-state index in [1.165, 1.54) is 76.4 Å². The number of fused-ring (bicyclic) bond motifs is 7. The highest BCUT2D eigenvalue weighted by Gasteiger charge is 2.23. The molecule has 0 unspecified atom stereocenters. The Hall–Kier alpha value is -6.45. The van der Waals surface area contributed by atoms with Gasteiger partial charge in [-0.25, -0.2) is 4.68 Å². The molecule has 0 fully saturated rings. The van der Waals surface area contributed by atoms with Crippen molar-refractivity contribution in [1.29, 1.82) is 0 Å². The van der Waals surface area contributed by atoms with Crippen LogP contribution in [0.2, 0.25) is 0 Å². The zero-order valence-corrected chi connectivity index (χ0v) is 27.9. The van der Waals surface area contributed by atoms with E-state index in [9.17, 15) is 0 Å². The molecule has 2 aromatic heterocycles. The molecule has 50 heavy (non-hydrogen) atoms. The molecule has 0 spiro atoms. The van der Waals surface area contributed by atoms with Gasteiger partial charge in [0.2, 0.25) is 0 Å². The van der Waals surface area contributed by atoms with Crippen molar-refractivity contribution in [3.05, 3.63) is 175 Å². The Morgan fingerprint density at radius 3 is 1.62 bits per heavy atom. The monoisotopic (exact) mass is 639 g/mol. The van der Waals surface area contributed by atoms with Crippen molar-refractivity contribution in [2.75, 3.05) is 0 Å². The van der Waals surface area contributed by atoms with E-state index >= 15 is 0 Å². The van der Waals surface area contributed by atoms with Gasteiger partial charge in [-0.15, -0.1) is 0 Å². The van der Waals surface area contributed by atoms with Crippen LogP contribution in [0, 0.1) is 13.8 Å². The average Bonchev–Trinajstić information content (AvgIpc) is 3.67. The van der Waals surface area contributed by atoms with E-state index in [-0.39, 0.29) is 0 Å². The van der Waals surface area contributed by atoms with E-state index in [0.717, 1.165) is 22.8 Å². The van der Waals surface area contributed by atoms with E-state index in [2.05, 4.69) is 187 Å². The highest BCUT2D eigenvalue weighted by molar-refractivity contribution is 6.25. The Labute approximate surface area is 290 Å². The zero-order chi connectivity index (χ0) is 33.3. The van der Waals surface area contributed by atoms with Crippen molar-refractivity contribution in [3.63, 3.8) is 0 Å². The second-order valence-corrected chi connectivity index (χ2v) is 13.2. The lowest BCUT2D eigenvalue weighted by Gasteiger charge is -2.18. The summed E-state index contributed by atoms with van der Waals surface area (Å²) in [6.45, 7) is 4.33. The molecule has 0 aliphatic carbocycles. The summed E-state index contributed by atoms with van der Waals surface area (Å²) in [5, 5.41) is 15.1. The molecule has 3 heteroatoms. The van der Waals surface area contributed by atoms with Crippen molar-refractivity contribution in [2.24, 2.45) is 0 Å². The lowest BCUT2D eigenvalue weighted by molar-refractivity contribution is 0.834. The molecule has 10 rings (SSSR count). The molecule has 0 saturated heterocycles. The van der Waals surface area contributed by atoms with Crippen molar-refractivity contribution in [1.82, 2.24) is 14.3 Å². The third-order valence-corrected chi connectivity index (χ3v) is 10.4. The molecule has 0 atom stereocenters. The van der Waals surface area contributed by atoms with E-state index in [1.54, 1.807) is 0 Å². The van der Waals surface area contributed by atoms with Crippen molar-refractivity contribution in [2.45, 2.75) is 13.8 Å². The lowest BCUT2D eigenvalue weighted by atomic mass is 9.85. The fourth-order valence-electron chi connectivity index (χ4n) is 8.34. The topological polar surface area (TPSA) is 22.8 Å². The van der Waals surface area contributed by atoms with Crippen LogP contribution in [-0.2, 0) is 0 Å². The predicted molar refractivity (Wildman–Crippen MR) is 211 cm³/mol. The maximum absolute atomic E-state index is 5.08. The molecule has 0 amide bonds. The summed E-state index contributed by atoms with van der Waals surface area (Å²) in [4.78, 5) is 0. The number of rotatable bonds is 4. The Kier molecular flexibility index (Phi) is 6.31. The van der Waals surface area contributed by atoms with Gasteiger partial charge in [0.15, 0.2) is 0 Å². The van der Waals surface area contributed by atoms with Gasteiger partial charge < -0.3 is 4.57 Å². The van der Waals surface area contributed by atoms with E-state index in [1.807, 2.05) is 0 Å². The Bertz CT molecular complexity index is 2870. The summed E-state index contributed by atoms with van der Waals surface area (Å²) in [5.74, 6) is 0. The summed E-state index contributed by atoms with van der Waals surface area (Å²) in [5.41, 5.74) is 11.7. The van der Waals surface area contributed by atoms with Crippen LogP contribution in [0.25, 0.3) is 87.8 Å². The highest BCUT2D eigenvalue weighted by atomic mass is 15.3. The second-order valence-electron chi connectivity index (χ2n) is 13.2. The second kappa shape index (κ2) is 11.0. The van der Waals surface area contributed by atoms with Gasteiger partial charge in [0.05, 0.1) is 22.4 Å². The molecule has 0 N–H and O–H groups in total. The van der Waals surface area contributed by atoms with E-state index < -0.39 is 0 Å². The van der Waals surface area contributed by atoms with Crippen LogP contribution >= 0.6 is 0 Å². The first kappa shape index (κ1) is 28.6. The number of nitrogens with zero attached hydrogens (tertiary/aromatic N) is 3. The fourth-order valence-corrected chi connectivity index (χ4v) is 8.34. The third kappa shape index (κ3) is 4.13. The summed E-state index contributed by atoms with van der Waals surface area (Å²) >= 11 is 0. The molecule has 236 valence electrons. The minimum absolute atomic E-state index is 1.02. The molecule has 0 aliphatic rings. The molecule has 8 aromatic carbocycles. The average molecular weight is 640 g/mol. The van der Waals surface area contributed by atoms with Gasteiger partial charge >= 0.3 is 0 Å². The van der Waals surface area contributed by atoms with Gasteiger partial charge in [0, 0.05) is 33.3 Å². The van der Waals surface area contributed by atoms with Gasteiger partial charge in [-0.2, -0.15) is 5.10 Å². The van der Waals surface area contributed by atoms with Crippen LogP contribution < -0.4 is 0 Å². The zero-order valence-electron chi connectivity index (χ0n) is 27.9. The van der Waals surface area contributed by atoms with Gasteiger partial charge in [0.1, 0.15) is 0 Å². The smallest absolute Gasteiger partial charge is 0.0679 e. The Balaban J connectivity index is 1.30. The largest absolute Gasteiger partial charge is 0.309 e. The number of aryl methyl sites for hydroxylation is 1. The van der Waals surface area contributed by atoms with E-state index in [4.69, 9.17) is 5.10 Å². The highest BCUT2D eigenvalue weighted by Crippen LogP contribution is 2.47. The van der Waals surface area contributed by atoms with Crippen molar-refractivity contribution in [3.8, 4) is 33.6 Å². The van der Waals surface area contributed by atoms with Crippen molar-refractivity contribution >= 4 is 54.1 Å². The standard InChI is InChI=1S/C47H33N3/c1-30-44(31(2)50(48-30)35-18-7-4-8-19-35)47-39-23-13-11-21-37(39)45(38-22-12-14-24-40(38)47)33-26-27-42-41(29-33)46-36-20-10-9-15-32(36)25-28-43(46)49(42)34-16-5-3-6-17-34/h3-29H,1-2H3. The number of para-hydroxylation sites is 2. The first-order valence-electron chi connectivity index (χ1n) is 17.2. The molecule has 2 heterocycles. The molecular formula is C47H33N3. The summed E-state index contributed by atoms with van der Waals surface area (Å²) in [7, 11) is 0. The fraction of sp³-hybridized carbons (Fsp3) is 0.0426. The molecule has 0 saturated carbocycles. The van der Waals surface area contributed by atoms with Gasteiger partial charge in [-0.3, -0.25) is 0 Å². The summed E-state index contributed by atoms with van der Waals surface area (Å²) in [6, 6.07) is 59.4. The molecule has 3 nitrogen and oxygen atoms in total. The lowest BCUT2D eigenvalue weighted by Crippen LogP contribution is -1.98. The minimum atomic E-state index is 1.02. The molecular weight excluding hydrogens is 607 g/mol. The maximum atomic E-state index is 5.08. The quantitative estimate of drug-likeness (QED) is 0.176. The van der Waals surface area contributed by atoms with Gasteiger partial charge in [-0.05, 0) is 99.8 Å². The first-order valence-corrected chi connectivity index (χ1v) is 17.2. The number of hydrogen-bond acceptors (Lipinski definition) is 1. The first-order chi connectivity index (χ1) is 24.7. The molecule has 0 aliphatic heterocycles. The Morgan fingerprint density at radius 2 is 0.960 bits per heavy atom. The number of aromatic nitrogens is 3. The number of benzene rings is 8. The van der Waals surface area contributed by atoms with Gasteiger partial charge in [-0.1, -0.05) is 121 Å². The van der Waals surface area contributed by atoms with Crippen LogP contribution in [0.1, 0.15) is 11.4 Å². The maximum Gasteiger partial charge on any atom is 0.0679 e. The van der Waals surface area contributed by atoms with Gasteiger partial charge in [0.25, 0.3) is 0 Å². The normalized spacial score (nSPS) is 11.8. The predicted octanol–water partition coefficient (Wildman–Crippen LogP) is 12.4. The SMILES string of the molecule is Cc1nn(-c2ccccc2)c(C)c1-c1c2ccccc2c(-c2ccc3c(c2)c2c4ccccc4ccc2n3-c2ccccc2)c2ccccc12. The third-order valence-electron chi connectivity index (χ3n) is 10.4. The summed E-state index contributed by atoms with van der Waals surface area (Å²) in [6.07, 6.45) is 0. The number of hydrogen-bond donors (Lipinski definition) is 0. The van der Waals surface area contributed by atoms with Crippen LogP contribution in [0.5, 0.6) is 0 Å². The summed E-state index contributed by atoms with van der Waals surface area (Å²) < 4.78 is 4.50. The Morgan fingerprint density at radius 1 is 0.420 bits per heavy atom. The molecule has 0 radical (unpaired) electrons. The van der Waals surface area contributed by atoms with E-state index in [0.29, 0.717) is 0 Å². The van der Waals surface area contributed by atoms with Crippen molar-refractivity contribution < 1.29 is 0 Å². The molecule has 0 bridgehead atoms.